The molecule has 2 N–H and O–H groups in total. The van der Waals surface area contributed by atoms with Crippen molar-refractivity contribution in [3.8, 4) is 0 Å². The Balaban J connectivity index is 1.62. The van der Waals surface area contributed by atoms with Gasteiger partial charge in [0.05, 0.1) is 0 Å². The standard InChI is InChI=1S/C9H11N3OS/c13-9(12-7-1-2-11-14-7)8-5-3-10-4-6(5)8/h1-2,5-6,8,10H,3-4H2,(H,12,13). The molecular formula is C9H11N3OS. The third kappa shape index (κ3) is 1.24. The first-order chi connectivity index (χ1) is 6.86. The third-order valence-electron chi connectivity index (χ3n) is 3.08. The van der Waals surface area contributed by atoms with E-state index in [0.717, 1.165) is 18.1 Å². The highest BCUT2D eigenvalue weighted by atomic mass is 32.1. The van der Waals surface area contributed by atoms with Crippen LogP contribution in [0.25, 0.3) is 0 Å². The van der Waals surface area contributed by atoms with Gasteiger partial charge in [-0.2, -0.15) is 4.37 Å². The van der Waals surface area contributed by atoms with Gasteiger partial charge in [0.2, 0.25) is 5.91 Å². The molecule has 1 amide bonds. The van der Waals surface area contributed by atoms with Crippen molar-refractivity contribution in [2.45, 2.75) is 0 Å². The summed E-state index contributed by atoms with van der Waals surface area (Å²) < 4.78 is 3.94. The second kappa shape index (κ2) is 3.03. The van der Waals surface area contributed by atoms with E-state index in [1.54, 1.807) is 6.20 Å². The van der Waals surface area contributed by atoms with Crippen molar-refractivity contribution in [2.75, 3.05) is 18.4 Å². The summed E-state index contributed by atoms with van der Waals surface area (Å²) in [6.45, 7) is 2.01. The fraction of sp³-hybridized carbons (Fsp3) is 0.556. The summed E-state index contributed by atoms with van der Waals surface area (Å²) in [6, 6.07) is 1.83. The zero-order valence-corrected chi connectivity index (χ0v) is 8.38. The van der Waals surface area contributed by atoms with Crippen LogP contribution in [0.1, 0.15) is 0 Å². The fourth-order valence-corrected chi connectivity index (χ4v) is 2.80. The van der Waals surface area contributed by atoms with Gasteiger partial charge in [-0.1, -0.05) is 0 Å². The van der Waals surface area contributed by atoms with Crippen LogP contribution in [-0.2, 0) is 4.79 Å². The van der Waals surface area contributed by atoms with Crippen LogP contribution >= 0.6 is 11.5 Å². The third-order valence-corrected chi connectivity index (χ3v) is 3.74. The lowest BCUT2D eigenvalue weighted by atomic mass is 10.2. The fourth-order valence-electron chi connectivity index (χ4n) is 2.29. The molecule has 4 nitrogen and oxygen atoms in total. The van der Waals surface area contributed by atoms with Crippen molar-refractivity contribution in [1.29, 1.82) is 0 Å². The number of anilines is 1. The summed E-state index contributed by atoms with van der Waals surface area (Å²) in [5, 5.41) is 7.03. The van der Waals surface area contributed by atoms with Crippen LogP contribution in [0.3, 0.4) is 0 Å². The lowest BCUT2D eigenvalue weighted by Crippen LogP contribution is -2.22. The molecule has 0 radical (unpaired) electrons. The Kier molecular flexibility index (Phi) is 1.81. The molecule has 0 spiro atoms. The van der Waals surface area contributed by atoms with Gasteiger partial charge in [-0.05, 0) is 42.5 Å². The van der Waals surface area contributed by atoms with Gasteiger partial charge in [-0.3, -0.25) is 4.79 Å². The molecule has 1 aromatic heterocycles. The molecule has 2 atom stereocenters. The van der Waals surface area contributed by atoms with Gasteiger partial charge in [-0.25, -0.2) is 0 Å². The van der Waals surface area contributed by atoms with Gasteiger partial charge in [0, 0.05) is 12.1 Å². The second-order valence-electron chi connectivity index (χ2n) is 3.88. The number of amides is 1. The number of piperidine rings is 1. The monoisotopic (exact) mass is 209 g/mol. The zero-order valence-electron chi connectivity index (χ0n) is 7.56. The molecule has 2 aliphatic rings. The van der Waals surface area contributed by atoms with Crippen LogP contribution in [0.5, 0.6) is 0 Å². The lowest BCUT2D eigenvalue weighted by molar-refractivity contribution is -0.118. The predicted octanol–water partition coefficient (Wildman–Crippen LogP) is 0.547. The quantitative estimate of drug-likeness (QED) is 0.747. The van der Waals surface area contributed by atoms with E-state index in [9.17, 15) is 4.79 Å². The van der Waals surface area contributed by atoms with Crippen molar-refractivity contribution >= 4 is 22.4 Å². The summed E-state index contributed by atoms with van der Waals surface area (Å²) in [7, 11) is 0. The van der Waals surface area contributed by atoms with Gasteiger partial charge in [0.1, 0.15) is 5.00 Å². The molecule has 2 unspecified atom stereocenters. The van der Waals surface area contributed by atoms with Crippen molar-refractivity contribution in [3.05, 3.63) is 12.3 Å². The predicted molar refractivity (Wildman–Crippen MR) is 54.1 cm³/mol. The average molecular weight is 209 g/mol. The Morgan fingerprint density at radius 1 is 1.57 bits per heavy atom. The summed E-state index contributed by atoms with van der Waals surface area (Å²) in [5.41, 5.74) is 0. The number of nitrogens with zero attached hydrogens (tertiary/aromatic N) is 1. The molecule has 0 aromatic carbocycles. The molecule has 14 heavy (non-hydrogen) atoms. The van der Waals surface area contributed by atoms with Crippen molar-refractivity contribution in [1.82, 2.24) is 9.69 Å². The molecule has 1 aliphatic heterocycles. The largest absolute Gasteiger partial charge is 0.316 e. The minimum atomic E-state index is 0.172. The van der Waals surface area contributed by atoms with Crippen molar-refractivity contribution in [3.63, 3.8) is 0 Å². The Hall–Kier alpha value is -0.940. The van der Waals surface area contributed by atoms with Crippen LogP contribution in [0.15, 0.2) is 12.3 Å². The van der Waals surface area contributed by atoms with Gasteiger partial charge in [0.15, 0.2) is 0 Å². The highest BCUT2D eigenvalue weighted by molar-refractivity contribution is 7.10. The highest BCUT2D eigenvalue weighted by Gasteiger charge is 2.56. The number of fused-ring (bicyclic) bond motifs is 1. The number of nitrogens with one attached hydrogen (secondary N) is 2. The van der Waals surface area contributed by atoms with Crippen LogP contribution in [-0.4, -0.2) is 23.4 Å². The summed E-state index contributed by atoms with van der Waals surface area (Å²) in [4.78, 5) is 11.7. The molecule has 3 rings (SSSR count). The molecule has 2 fully saturated rings. The number of rotatable bonds is 2. The zero-order chi connectivity index (χ0) is 9.54. The maximum absolute atomic E-state index is 11.7. The van der Waals surface area contributed by atoms with Crippen molar-refractivity contribution < 1.29 is 4.79 Å². The molecule has 74 valence electrons. The van der Waals surface area contributed by atoms with Crippen LogP contribution < -0.4 is 10.6 Å². The Morgan fingerprint density at radius 2 is 2.36 bits per heavy atom. The van der Waals surface area contributed by atoms with Crippen LogP contribution in [0.2, 0.25) is 0 Å². The molecule has 1 saturated heterocycles. The van der Waals surface area contributed by atoms with E-state index >= 15 is 0 Å². The number of carbonyl (C=O) groups is 1. The second-order valence-corrected chi connectivity index (χ2v) is 4.71. The number of hydrogen-bond acceptors (Lipinski definition) is 4. The van der Waals surface area contributed by atoms with Gasteiger partial charge in [-0.15, -0.1) is 0 Å². The summed E-state index contributed by atoms with van der Waals surface area (Å²) in [6.07, 6.45) is 1.70. The first kappa shape index (κ1) is 8.38. The summed E-state index contributed by atoms with van der Waals surface area (Å²) >= 11 is 1.33. The van der Waals surface area contributed by atoms with E-state index in [-0.39, 0.29) is 11.8 Å². The lowest BCUT2D eigenvalue weighted by Gasteiger charge is -2.03. The number of aromatic nitrogens is 1. The summed E-state index contributed by atoms with van der Waals surface area (Å²) in [5.74, 6) is 1.59. The van der Waals surface area contributed by atoms with Crippen molar-refractivity contribution in [2.24, 2.45) is 17.8 Å². The van der Waals surface area contributed by atoms with Gasteiger partial charge >= 0.3 is 0 Å². The topological polar surface area (TPSA) is 54.0 Å². The molecule has 0 bridgehead atoms. The minimum absolute atomic E-state index is 0.172. The Morgan fingerprint density at radius 3 is 3.00 bits per heavy atom. The highest BCUT2D eigenvalue weighted by Crippen LogP contribution is 2.49. The normalized spacial score (nSPS) is 33.9. The van der Waals surface area contributed by atoms with Gasteiger partial charge < -0.3 is 10.6 Å². The van der Waals surface area contributed by atoms with E-state index in [0.29, 0.717) is 11.8 Å². The Bertz CT molecular complexity index is 341. The number of carbonyl (C=O) groups excluding carboxylic acids is 1. The average Bonchev–Trinajstić information content (AvgIpc) is 2.63. The maximum Gasteiger partial charge on any atom is 0.228 e. The van der Waals surface area contributed by atoms with Crippen LogP contribution in [0, 0.1) is 17.8 Å². The SMILES string of the molecule is O=C(Nc1ccns1)C1C2CNCC21. The molecular weight excluding hydrogens is 198 g/mol. The maximum atomic E-state index is 11.7. The van der Waals surface area contributed by atoms with Crippen LogP contribution in [0.4, 0.5) is 5.00 Å². The smallest absolute Gasteiger partial charge is 0.228 e. The Labute approximate surface area is 85.9 Å². The molecule has 5 heteroatoms. The minimum Gasteiger partial charge on any atom is -0.316 e. The molecule has 1 saturated carbocycles. The first-order valence-corrected chi connectivity index (χ1v) is 5.56. The van der Waals surface area contributed by atoms with E-state index in [4.69, 9.17) is 0 Å². The van der Waals surface area contributed by atoms with E-state index < -0.39 is 0 Å². The molecule has 1 aliphatic carbocycles. The molecule has 1 aromatic rings. The number of hydrogen-bond donors (Lipinski definition) is 2. The van der Waals surface area contributed by atoms with Gasteiger partial charge in [0.25, 0.3) is 0 Å². The van der Waals surface area contributed by atoms with E-state index in [1.807, 2.05) is 6.07 Å². The first-order valence-electron chi connectivity index (χ1n) is 4.78. The molecule has 2 heterocycles. The van der Waals surface area contributed by atoms with E-state index in [2.05, 4.69) is 15.0 Å². The van der Waals surface area contributed by atoms with E-state index in [1.165, 1.54) is 11.5 Å².